The molecule has 0 bridgehead atoms. The number of piperazine rings is 1. The van der Waals surface area contributed by atoms with Crippen LogP contribution in [0.2, 0.25) is 0 Å². The fourth-order valence-electron chi connectivity index (χ4n) is 2.63. The van der Waals surface area contributed by atoms with Gasteiger partial charge in [0.1, 0.15) is 0 Å². The number of rotatable bonds is 4. The van der Waals surface area contributed by atoms with E-state index in [0.29, 0.717) is 26.2 Å². The summed E-state index contributed by atoms with van der Waals surface area (Å²) in [6.07, 6.45) is 0.238. The van der Waals surface area contributed by atoms with Crippen molar-refractivity contribution < 1.29 is 18.0 Å². The Hall–Kier alpha value is -1.89. The predicted octanol–water partition coefficient (Wildman–Crippen LogP) is 1.10. The second-order valence-corrected chi connectivity index (χ2v) is 8.81. The van der Waals surface area contributed by atoms with Crippen LogP contribution in [0.5, 0.6) is 0 Å². The summed E-state index contributed by atoms with van der Waals surface area (Å²) < 4.78 is 24.2. The van der Waals surface area contributed by atoms with Crippen molar-refractivity contribution in [3.05, 3.63) is 29.8 Å². The summed E-state index contributed by atoms with van der Waals surface area (Å²) in [4.78, 5) is 27.4. The van der Waals surface area contributed by atoms with Crippen LogP contribution in [0, 0.1) is 0 Å². The second-order valence-electron chi connectivity index (χ2n) is 6.30. The fourth-order valence-corrected chi connectivity index (χ4v) is 3.69. The zero-order chi connectivity index (χ0) is 17.9. The average Bonchev–Trinajstić information content (AvgIpc) is 2.55. The Morgan fingerprint density at radius 3 is 1.96 bits per heavy atom. The average molecular weight is 352 g/mol. The highest BCUT2D eigenvalue weighted by atomic mass is 32.2. The molecule has 2 rings (SSSR count). The van der Waals surface area contributed by atoms with Crippen LogP contribution in [0.25, 0.3) is 0 Å². The van der Waals surface area contributed by atoms with Crippen LogP contribution in [-0.2, 0) is 25.8 Å². The molecule has 0 saturated carbocycles. The van der Waals surface area contributed by atoms with Crippen LogP contribution in [0.15, 0.2) is 29.2 Å². The lowest BCUT2D eigenvalue weighted by Gasteiger charge is -2.34. The molecule has 1 aromatic carbocycles. The molecule has 6 nitrogen and oxygen atoms in total. The molecule has 7 heteroatoms. The highest BCUT2D eigenvalue weighted by molar-refractivity contribution is 7.92. The van der Waals surface area contributed by atoms with E-state index in [1.165, 1.54) is 6.92 Å². The molecule has 2 amide bonds. The normalized spacial score (nSPS) is 15.7. The summed E-state index contributed by atoms with van der Waals surface area (Å²) in [5, 5.41) is -0.470. The molecule has 1 saturated heterocycles. The molecule has 132 valence electrons. The highest BCUT2D eigenvalue weighted by Crippen LogP contribution is 2.17. The van der Waals surface area contributed by atoms with Crippen molar-refractivity contribution in [3.8, 4) is 0 Å². The number of benzene rings is 1. The molecule has 0 aliphatic carbocycles. The molecule has 1 heterocycles. The van der Waals surface area contributed by atoms with Gasteiger partial charge >= 0.3 is 0 Å². The second kappa shape index (κ2) is 7.34. The minimum atomic E-state index is -3.29. The first-order chi connectivity index (χ1) is 11.2. The molecule has 0 spiro atoms. The van der Waals surface area contributed by atoms with E-state index in [1.807, 2.05) is 0 Å². The van der Waals surface area contributed by atoms with Crippen LogP contribution < -0.4 is 0 Å². The van der Waals surface area contributed by atoms with Crippen LogP contribution in [0.3, 0.4) is 0 Å². The molecule has 0 atom stereocenters. The maximum atomic E-state index is 12.3. The van der Waals surface area contributed by atoms with Crippen molar-refractivity contribution >= 4 is 21.7 Å². The Morgan fingerprint density at radius 2 is 1.50 bits per heavy atom. The molecule has 1 fully saturated rings. The summed E-state index contributed by atoms with van der Waals surface area (Å²) in [6.45, 7) is 7.03. The zero-order valence-electron chi connectivity index (χ0n) is 14.4. The summed E-state index contributed by atoms with van der Waals surface area (Å²) in [5.74, 6) is 0.0294. The van der Waals surface area contributed by atoms with E-state index in [0.717, 1.165) is 5.56 Å². The minimum absolute atomic E-state index is 0.00216. The summed E-state index contributed by atoms with van der Waals surface area (Å²) in [6, 6.07) is 6.51. The molecule has 24 heavy (non-hydrogen) atoms. The lowest BCUT2D eigenvalue weighted by molar-refractivity contribution is -0.138. The van der Waals surface area contributed by atoms with Gasteiger partial charge in [-0.15, -0.1) is 0 Å². The number of carbonyl (C=O) groups excluding carboxylic acids is 2. The van der Waals surface area contributed by atoms with Gasteiger partial charge in [0.05, 0.1) is 16.6 Å². The number of nitrogens with zero attached hydrogens (tertiary/aromatic N) is 2. The van der Waals surface area contributed by atoms with Crippen LogP contribution >= 0.6 is 0 Å². The Bertz CT molecular complexity index is 703. The molecule has 0 N–H and O–H groups in total. The van der Waals surface area contributed by atoms with Gasteiger partial charge in [-0.1, -0.05) is 12.1 Å². The van der Waals surface area contributed by atoms with Crippen molar-refractivity contribution in [2.24, 2.45) is 0 Å². The lowest BCUT2D eigenvalue weighted by Crippen LogP contribution is -2.50. The SMILES string of the molecule is CC(=O)N1CCN(C(=O)Cc2ccc(S(=O)(=O)C(C)C)cc2)CC1. The van der Waals surface area contributed by atoms with E-state index in [-0.39, 0.29) is 23.1 Å². The van der Waals surface area contributed by atoms with Gasteiger partial charge in [-0.25, -0.2) is 8.42 Å². The molecule has 0 aromatic heterocycles. The van der Waals surface area contributed by atoms with E-state index >= 15 is 0 Å². The smallest absolute Gasteiger partial charge is 0.227 e. The van der Waals surface area contributed by atoms with Gasteiger partial charge in [-0.05, 0) is 31.5 Å². The third kappa shape index (κ3) is 4.14. The summed E-state index contributed by atoms with van der Waals surface area (Å²) in [5.41, 5.74) is 0.789. The van der Waals surface area contributed by atoms with Gasteiger partial charge in [0.25, 0.3) is 0 Å². The van der Waals surface area contributed by atoms with Gasteiger partial charge in [0.15, 0.2) is 9.84 Å². The third-order valence-electron chi connectivity index (χ3n) is 4.31. The summed E-state index contributed by atoms with van der Waals surface area (Å²) >= 11 is 0. The van der Waals surface area contributed by atoms with Gasteiger partial charge in [0, 0.05) is 33.1 Å². The van der Waals surface area contributed by atoms with E-state index in [1.54, 1.807) is 47.9 Å². The molecular weight excluding hydrogens is 328 g/mol. The first-order valence-corrected chi connectivity index (χ1v) is 9.62. The van der Waals surface area contributed by atoms with E-state index < -0.39 is 15.1 Å². The van der Waals surface area contributed by atoms with Crippen molar-refractivity contribution in [1.29, 1.82) is 0 Å². The number of hydrogen-bond acceptors (Lipinski definition) is 4. The Kier molecular flexibility index (Phi) is 5.64. The van der Waals surface area contributed by atoms with E-state index in [9.17, 15) is 18.0 Å². The lowest BCUT2D eigenvalue weighted by atomic mass is 10.1. The first-order valence-electron chi connectivity index (χ1n) is 8.08. The van der Waals surface area contributed by atoms with E-state index in [4.69, 9.17) is 0 Å². The maximum Gasteiger partial charge on any atom is 0.227 e. The Labute approximate surface area is 143 Å². The topological polar surface area (TPSA) is 74.8 Å². The fraction of sp³-hybridized carbons (Fsp3) is 0.529. The number of carbonyl (C=O) groups is 2. The van der Waals surface area contributed by atoms with Gasteiger partial charge < -0.3 is 9.80 Å². The van der Waals surface area contributed by atoms with Crippen LogP contribution in [0.1, 0.15) is 26.3 Å². The molecular formula is C17H24N2O4S. The third-order valence-corrected chi connectivity index (χ3v) is 6.48. The Balaban J connectivity index is 1.97. The largest absolute Gasteiger partial charge is 0.339 e. The van der Waals surface area contributed by atoms with Gasteiger partial charge in [-0.2, -0.15) is 0 Å². The number of amides is 2. The van der Waals surface area contributed by atoms with E-state index in [2.05, 4.69) is 0 Å². The molecule has 0 radical (unpaired) electrons. The molecule has 1 aliphatic rings. The molecule has 1 aromatic rings. The minimum Gasteiger partial charge on any atom is -0.339 e. The monoisotopic (exact) mass is 352 g/mol. The highest BCUT2D eigenvalue weighted by Gasteiger charge is 2.23. The maximum absolute atomic E-state index is 12.3. The van der Waals surface area contributed by atoms with Crippen LogP contribution in [-0.4, -0.2) is 61.5 Å². The standard InChI is InChI=1S/C17H24N2O4S/c1-13(2)24(22,23)16-6-4-15(5-7-16)12-17(21)19-10-8-18(9-11-19)14(3)20/h4-7,13H,8-12H2,1-3H3. The zero-order valence-corrected chi connectivity index (χ0v) is 15.2. The van der Waals surface area contributed by atoms with Gasteiger partial charge in [-0.3, -0.25) is 9.59 Å². The summed E-state index contributed by atoms with van der Waals surface area (Å²) in [7, 11) is -3.29. The number of hydrogen-bond donors (Lipinski definition) is 0. The van der Waals surface area contributed by atoms with Gasteiger partial charge in [0.2, 0.25) is 11.8 Å². The quantitative estimate of drug-likeness (QED) is 0.813. The van der Waals surface area contributed by atoms with Crippen LogP contribution in [0.4, 0.5) is 0 Å². The predicted molar refractivity (Wildman–Crippen MR) is 91.3 cm³/mol. The first kappa shape index (κ1) is 18.4. The van der Waals surface area contributed by atoms with Crippen molar-refractivity contribution in [1.82, 2.24) is 9.80 Å². The van der Waals surface area contributed by atoms with Crippen molar-refractivity contribution in [2.45, 2.75) is 37.3 Å². The van der Waals surface area contributed by atoms with Crippen molar-refractivity contribution in [3.63, 3.8) is 0 Å². The molecule has 1 aliphatic heterocycles. The Morgan fingerprint density at radius 1 is 1.00 bits per heavy atom. The number of sulfone groups is 1. The molecule has 0 unspecified atom stereocenters. The van der Waals surface area contributed by atoms with Crippen molar-refractivity contribution in [2.75, 3.05) is 26.2 Å².